The summed E-state index contributed by atoms with van der Waals surface area (Å²) >= 11 is 31.8. The van der Waals surface area contributed by atoms with Gasteiger partial charge >= 0.3 is 5.92 Å². The van der Waals surface area contributed by atoms with Crippen LogP contribution in [0.3, 0.4) is 0 Å². The van der Waals surface area contributed by atoms with Gasteiger partial charge in [0.05, 0.1) is 10.1 Å². The van der Waals surface area contributed by atoms with E-state index in [-0.39, 0.29) is 0 Å². The molecule has 0 aromatic rings. The van der Waals surface area contributed by atoms with Gasteiger partial charge in [0.2, 0.25) is 8.67 Å². The van der Waals surface area contributed by atoms with Crippen LogP contribution in [0.15, 0.2) is 10.1 Å². The van der Waals surface area contributed by atoms with E-state index in [4.69, 9.17) is 69.6 Å². The summed E-state index contributed by atoms with van der Waals surface area (Å²) in [6, 6.07) is 0. The highest BCUT2D eigenvalue weighted by Crippen LogP contribution is 2.65. The molecule has 0 unspecified atom stereocenters. The molecule has 0 bridgehead atoms. The Balaban J connectivity index is 3.39. The van der Waals surface area contributed by atoms with Crippen LogP contribution in [0.5, 0.6) is 0 Å². The van der Waals surface area contributed by atoms with Crippen molar-refractivity contribution >= 4 is 69.6 Å². The number of halogens is 8. The Bertz CT molecular complexity index is 255. The SMILES string of the molecule is FC1(F)C(Cl)(Cl)C(Cl)=C(Cl)C1(Cl)Cl. The van der Waals surface area contributed by atoms with E-state index in [9.17, 15) is 8.78 Å². The molecule has 0 aromatic heterocycles. The summed E-state index contributed by atoms with van der Waals surface area (Å²) in [4.78, 5) is 0. The fraction of sp³-hybridized carbons (Fsp3) is 0.600. The predicted molar refractivity (Wildman–Crippen MR) is 52.6 cm³/mol. The van der Waals surface area contributed by atoms with Crippen LogP contribution in [0.1, 0.15) is 0 Å². The maximum absolute atomic E-state index is 13.3. The third-order valence-electron chi connectivity index (χ3n) is 1.53. The van der Waals surface area contributed by atoms with Crippen molar-refractivity contribution in [2.45, 2.75) is 14.6 Å². The van der Waals surface area contributed by atoms with Gasteiger partial charge in [0.15, 0.2) is 0 Å². The molecule has 0 amide bonds. The third kappa shape index (κ3) is 1.37. The molecule has 0 aromatic carbocycles. The van der Waals surface area contributed by atoms with E-state index < -0.39 is 24.7 Å². The van der Waals surface area contributed by atoms with Gasteiger partial charge < -0.3 is 0 Å². The fourth-order valence-electron chi connectivity index (χ4n) is 0.749. The molecule has 0 saturated heterocycles. The molecule has 0 aliphatic heterocycles. The summed E-state index contributed by atoms with van der Waals surface area (Å²) in [5, 5.41) is -1.32. The quantitative estimate of drug-likeness (QED) is 0.570. The molecule has 1 aliphatic rings. The Labute approximate surface area is 103 Å². The molecule has 0 saturated carbocycles. The van der Waals surface area contributed by atoms with Crippen molar-refractivity contribution in [1.82, 2.24) is 0 Å². The first-order valence-electron chi connectivity index (χ1n) is 2.76. The van der Waals surface area contributed by atoms with Crippen LogP contribution in [-0.4, -0.2) is 14.6 Å². The van der Waals surface area contributed by atoms with Crippen molar-refractivity contribution in [2.24, 2.45) is 0 Å². The standard InChI is InChI=1S/C5Cl6F2/c6-1-2(7)4(10,11)5(12,13)3(1,8)9. The van der Waals surface area contributed by atoms with E-state index in [0.29, 0.717) is 0 Å². The summed E-state index contributed by atoms with van der Waals surface area (Å²) in [5.74, 6) is -3.85. The van der Waals surface area contributed by atoms with Gasteiger partial charge in [-0.05, 0) is 0 Å². The summed E-state index contributed by atoms with van der Waals surface area (Å²) in [6.07, 6.45) is 0. The van der Waals surface area contributed by atoms with Crippen molar-refractivity contribution in [1.29, 1.82) is 0 Å². The zero-order valence-electron chi connectivity index (χ0n) is 5.52. The largest absolute Gasteiger partial charge is 0.322 e. The average molecular weight is 311 g/mol. The van der Waals surface area contributed by atoms with Crippen LogP contribution in [0.4, 0.5) is 8.78 Å². The summed E-state index contributed by atoms with van der Waals surface area (Å²) in [5.41, 5.74) is 0. The molecule has 0 nitrogen and oxygen atoms in total. The van der Waals surface area contributed by atoms with Gasteiger partial charge in [-0.15, -0.1) is 0 Å². The molecule has 0 N–H and O–H groups in total. The second kappa shape index (κ2) is 3.16. The van der Waals surface area contributed by atoms with E-state index >= 15 is 0 Å². The van der Waals surface area contributed by atoms with Crippen LogP contribution in [0.25, 0.3) is 0 Å². The van der Waals surface area contributed by atoms with Crippen molar-refractivity contribution in [3.63, 3.8) is 0 Å². The van der Waals surface area contributed by atoms with Crippen LogP contribution in [0.2, 0.25) is 0 Å². The predicted octanol–water partition coefficient (Wildman–Crippen LogP) is 4.67. The van der Waals surface area contributed by atoms with Crippen LogP contribution in [-0.2, 0) is 0 Å². The molecule has 1 rings (SSSR count). The van der Waals surface area contributed by atoms with Crippen LogP contribution >= 0.6 is 69.6 Å². The highest BCUT2D eigenvalue weighted by atomic mass is 35.5. The normalized spacial score (nSPS) is 29.5. The van der Waals surface area contributed by atoms with E-state index in [1.54, 1.807) is 0 Å². The summed E-state index contributed by atoms with van der Waals surface area (Å²) in [7, 11) is 0. The van der Waals surface area contributed by atoms with Gasteiger partial charge in [-0.1, -0.05) is 69.6 Å². The molecule has 0 spiro atoms. The Morgan fingerprint density at radius 3 is 1.08 bits per heavy atom. The molecular formula is C5Cl6F2. The Hall–Kier alpha value is 1.34. The number of rotatable bonds is 0. The molecule has 13 heavy (non-hydrogen) atoms. The first-order chi connectivity index (χ1) is 5.57. The van der Waals surface area contributed by atoms with Crippen molar-refractivity contribution < 1.29 is 8.78 Å². The molecule has 76 valence electrons. The first-order valence-corrected chi connectivity index (χ1v) is 5.03. The lowest BCUT2D eigenvalue weighted by atomic mass is 10.2. The van der Waals surface area contributed by atoms with Gasteiger partial charge in [0.1, 0.15) is 0 Å². The Morgan fingerprint density at radius 1 is 0.769 bits per heavy atom. The highest BCUT2D eigenvalue weighted by Gasteiger charge is 2.73. The fourth-order valence-corrected chi connectivity index (χ4v) is 2.60. The van der Waals surface area contributed by atoms with E-state index in [2.05, 4.69) is 0 Å². The van der Waals surface area contributed by atoms with Gasteiger partial charge in [0.25, 0.3) is 0 Å². The molecular weight excluding hydrogens is 311 g/mol. The lowest BCUT2D eigenvalue weighted by molar-refractivity contribution is -0.00105. The van der Waals surface area contributed by atoms with E-state index in [1.807, 2.05) is 0 Å². The molecule has 1 aliphatic carbocycles. The summed E-state index contributed by atoms with van der Waals surface area (Å²) < 4.78 is 21.2. The van der Waals surface area contributed by atoms with Gasteiger partial charge in [-0.3, -0.25) is 0 Å². The topological polar surface area (TPSA) is 0 Å². The zero-order chi connectivity index (χ0) is 10.7. The first kappa shape index (κ1) is 12.4. The molecule has 0 fully saturated rings. The second-order valence-corrected chi connectivity index (χ2v) is 5.76. The number of hydrogen-bond donors (Lipinski definition) is 0. The third-order valence-corrected chi connectivity index (χ3v) is 4.67. The number of hydrogen-bond acceptors (Lipinski definition) is 0. The minimum atomic E-state index is -3.85. The Kier molecular flexibility index (Phi) is 3.02. The lowest BCUT2D eigenvalue weighted by Crippen LogP contribution is -2.46. The minimum Gasteiger partial charge on any atom is -0.199 e. The van der Waals surface area contributed by atoms with Gasteiger partial charge in [-0.25, -0.2) is 0 Å². The van der Waals surface area contributed by atoms with Crippen LogP contribution < -0.4 is 0 Å². The molecule has 0 radical (unpaired) electrons. The number of allylic oxidation sites excluding steroid dienone is 2. The monoisotopic (exact) mass is 308 g/mol. The molecule has 0 heterocycles. The molecule has 8 heteroatoms. The van der Waals surface area contributed by atoms with Gasteiger partial charge in [0, 0.05) is 0 Å². The van der Waals surface area contributed by atoms with Crippen molar-refractivity contribution in [2.75, 3.05) is 0 Å². The zero-order valence-corrected chi connectivity index (χ0v) is 10.1. The van der Waals surface area contributed by atoms with Gasteiger partial charge in [-0.2, -0.15) is 8.78 Å². The van der Waals surface area contributed by atoms with Crippen LogP contribution in [0, 0.1) is 0 Å². The van der Waals surface area contributed by atoms with Crippen molar-refractivity contribution in [3.8, 4) is 0 Å². The van der Waals surface area contributed by atoms with E-state index in [0.717, 1.165) is 0 Å². The van der Waals surface area contributed by atoms with Crippen molar-refractivity contribution in [3.05, 3.63) is 10.1 Å². The summed E-state index contributed by atoms with van der Waals surface area (Å²) in [6.45, 7) is 0. The minimum absolute atomic E-state index is 0.660. The smallest absolute Gasteiger partial charge is 0.199 e. The second-order valence-electron chi connectivity index (χ2n) is 2.35. The maximum Gasteiger partial charge on any atom is 0.322 e. The molecule has 0 atom stereocenters. The number of alkyl halides is 6. The lowest BCUT2D eigenvalue weighted by Gasteiger charge is -2.28. The highest BCUT2D eigenvalue weighted by molar-refractivity contribution is 6.66. The Morgan fingerprint density at radius 2 is 1.00 bits per heavy atom. The maximum atomic E-state index is 13.3. The average Bonchev–Trinajstić information content (AvgIpc) is 2.05. The van der Waals surface area contributed by atoms with E-state index in [1.165, 1.54) is 0 Å².